The first-order chi connectivity index (χ1) is 11.2. The van der Waals surface area contributed by atoms with E-state index in [9.17, 15) is 4.79 Å². The Labute approximate surface area is 135 Å². The second-order valence-electron chi connectivity index (χ2n) is 5.30. The van der Waals surface area contributed by atoms with E-state index in [0.29, 0.717) is 18.1 Å². The summed E-state index contributed by atoms with van der Waals surface area (Å²) in [6.07, 6.45) is 2.61. The average molecular weight is 309 g/mol. The smallest absolute Gasteiger partial charge is 0.355 e. The number of nitrogens with zero attached hydrogens (tertiary/aromatic N) is 1. The molecule has 0 N–H and O–H groups in total. The molecule has 0 aliphatic heterocycles. The molecule has 4 nitrogen and oxygen atoms in total. The molecule has 0 radical (unpaired) electrons. The van der Waals surface area contributed by atoms with Gasteiger partial charge in [0.15, 0.2) is 0 Å². The Kier molecular flexibility index (Phi) is 4.33. The third-order valence-electron chi connectivity index (χ3n) is 3.83. The van der Waals surface area contributed by atoms with Crippen LogP contribution in [0.1, 0.15) is 28.5 Å². The zero-order chi connectivity index (χ0) is 16.2. The summed E-state index contributed by atoms with van der Waals surface area (Å²) in [5, 5.41) is 0. The van der Waals surface area contributed by atoms with Gasteiger partial charge in [-0.25, -0.2) is 4.79 Å². The van der Waals surface area contributed by atoms with E-state index in [1.54, 1.807) is 0 Å². The van der Waals surface area contributed by atoms with Crippen LogP contribution in [0.4, 0.5) is 0 Å². The maximum absolute atomic E-state index is 12.1. The fraction of sp³-hybridized carbons (Fsp3) is 0.211. The van der Waals surface area contributed by atoms with Crippen LogP contribution in [0.5, 0.6) is 5.75 Å². The van der Waals surface area contributed by atoms with E-state index in [4.69, 9.17) is 9.47 Å². The van der Waals surface area contributed by atoms with Gasteiger partial charge in [0, 0.05) is 5.52 Å². The molecular formula is C19H19NO3. The van der Waals surface area contributed by atoms with Crippen molar-refractivity contribution in [3.8, 4) is 5.75 Å². The molecule has 0 saturated carbocycles. The highest BCUT2D eigenvalue weighted by Gasteiger charge is 2.17. The Morgan fingerprint density at radius 2 is 1.91 bits per heavy atom. The standard InChI is InChI=1S/C19H19NO3/c1-3-15-11-16-9-10-17(12-20(16)18(15)19(21)22-2)23-13-14-7-5-4-6-8-14/h4-12H,3,13H2,1-2H3. The molecule has 0 spiro atoms. The van der Waals surface area contributed by atoms with Crippen molar-refractivity contribution >= 4 is 11.5 Å². The number of ether oxygens (including phenoxy) is 2. The summed E-state index contributed by atoms with van der Waals surface area (Å²) in [5.41, 5.74) is 3.59. The predicted molar refractivity (Wildman–Crippen MR) is 88.9 cm³/mol. The quantitative estimate of drug-likeness (QED) is 0.672. The monoisotopic (exact) mass is 309 g/mol. The summed E-state index contributed by atoms with van der Waals surface area (Å²) in [6.45, 7) is 2.51. The minimum absolute atomic E-state index is 0.331. The number of esters is 1. The van der Waals surface area contributed by atoms with Gasteiger partial charge in [-0.3, -0.25) is 0 Å². The molecule has 0 aliphatic rings. The van der Waals surface area contributed by atoms with Gasteiger partial charge in [0.2, 0.25) is 0 Å². The molecule has 0 fully saturated rings. The zero-order valence-electron chi connectivity index (χ0n) is 13.3. The number of rotatable bonds is 5. The average Bonchev–Trinajstić information content (AvgIpc) is 2.98. The third-order valence-corrected chi connectivity index (χ3v) is 3.83. The maximum atomic E-state index is 12.1. The molecule has 2 heterocycles. The lowest BCUT2D eigenvalue weighted by molar-refractivity contribution is 0.0591. The number of methoxy groups -OCH3 is 1. The van der Waals surface area contributed by atoms with Gasteiger partial charge in [0.05, 0.1) is 13.3 Å². The van der Waals surface area contributed by atoms with Crippen LogP contribution in [0.3, 0.4) is 0 Å². The lowest BCUT2D eigenvalue weighted by Crippen LogP contribution is -2.08. The van der Waals surface area contributed by atoms with Gasteiger partial charge in [0.25, 0.3) is 0 Å². The Bertz CT molecular complexity index is 821. The number of carbonyl (C=O) groups is 1. The first-order valence-electron chi connectivity index (χ1n) is 7.62. The minimum atomic E-state index is -0.331. The van der Waals surface area contributed by atoms with Crippen LogP contribution in [0.15, 0.2) is 54.7 Å². The Morgan fingerprint density at radius 3 is 2.61 bits per heavy atom. The van der Waals surface area contributed by atoms with Crippen LogP contribution in [0, 0.1) is 0 Å². The van der Waals surface area contributed by atoms with Gasteiger partial charge >= 0.3 is 5.97 Å². The molecule has 23 heavy (non-hydrogen) atoms. The van der Waals surface area contributed by atoms with Gasteiger partial charge in [-0.15, -0.1) is 0 Å². The van der Waals surface area contributed by atoms with Crippen molar-refractivity contribution in [3.05, 3.63) is 71.5 Å². The summed E-state index contributed by atoms with van der Waals surface area (Å²) in [7, 11) is 1.40. The van der Waals surface area contributed by atoms with Crippen molar-refractivity contribution in [1.29, 1.82) is 0 Å². The molecule has 3 rings (SSSR count). The number of pyridine rings is 1. The van der Waals surface area contributed by atoms with Crippen LogP contribution in [-0.4, -0.2) is 17.5 Å². The summed E-state index contributed by atoms with van der Waals surface area (Å²) in [4.78, 5) is 12.1. The lowest BCUT2D eigenvalue weighted by Gasteiger charge is -2.08. The van der Waals surface area contributed by atoms with E-state index in [-0.39, 0.29) is 5.97 Å². The second kappa shape index (κ2) is 6.57. The zero-order valence-corrected chi connectivity index (χ0v) is 13.3. The Morgan fingerprint density at radius 1 is 1.13 bits per heavy atom. The highest BCUT2D eigenvalue weighted by atomic mass is 16.5. The molecule has 0 aliphatic carbocycles. The Hall–Kier alpha value is -2.75. The van der Waals surface area contributed by atoms with Crippen LogP contribution >= 0.6 is 0 Å². The normalized spacial score (nSPS) is 10.7. The first kappa shape index (κ1) is 15.2. The summed E-state index contributed by atoms with van der Waals surface area (Å²) >= 11 is 0. The molecule has 0 amide bonds. The second-order valence-corrected chi connectivity index (χ2v) is 5.30. The molecule has 2 aromatic heterocycles. The highest BCUT2D eigenvalue weighted by molar-refractivity contribution is 5.91. The molecule has 0 atom stereocenters. The number of hydrogen-bond acceptors (Lipinski definition) is 3. The Balaban J connectivity index is 1.92. The van der Waals surface area contributed by atoms with E-state index in [1.807, 2.05) is 66.1 Å². The highest BCUT2D eigenvalue weighted by Crippen LogP contribution is 2.22. The van der Waals surface area contributed by atoms with E-state index in [0.717, 1.165) is 23.1 Å². The molecule has 0 saturated heterocycles. The largest absolute Gasteiger partial charge is 0.487 e. The molecule has 1 aromatic carbocycles. The lowest BCUT2D eigenvalue weighted by atomic mass is 10.2. The molecule has 0 bridgehead atoms. The number of fused-ring (bicyclic) bond motifs is 1. The van der Waals surface area contributed by atoms with Crippen molar-refractivity contribution in [2.45, 2.75) is 20.0 Å². The van der Waals surface area contributed by atoms with E-state index >= 15 is 0 Å². The fourth-order valence-corrected chi connectivity index (χ4v) is 2.63. The van der Waals surface area contributed by atoms with Gasteiger partial charge in [-0.1, -0.05) is 37.3 Å². The van der Waals surface area contributed by atoms with Crippen molar-refractivity contribution in [1.82, 2.24) is 4.40 Å². The molecule has 0 unspecified atom stereocenters. The minimum Gasteiger partial charge on any atom is -0.487 e. The van der Waals surface area contributed by atoms with E-state index in [1.165, 1.54) is 7.11 Å². The van der Waals surface area contributed by atoms with Crippen LogP contribution < -0.4 is 4.74 Å². The summed E-state index contributed by atoms with van der Waals surface area (Å²) in [5.74, 6) is 0.381. The number of aromatic nitrogens is 1. The molecule has 118 valence electrons. The predicted octanol–water partition coefficient (Wildman–Crippen LogP) is 3.87. The molecule has 3 aromatic rings. The van der Waals surface area contributed by atoms with Gasteiger partial charge < -0.3 is 13.9 Å². The van der Waals surface area contributed by atoms with Crippen molar-refractivity contribution in [2.24, 2.45) is 0 Å². The molecular weight excluding hydrogens is 290 g/mol. The van der Waals surface area contributed by atoms with Crippen molar-refractivity contribution < 1.29 is 14.3 Å². The van der Waals surface area contributed by atoms with Crippen LogP contribution in [0.25, 0.3) is 5.52 Å². The fourth-order valence-electron chi connectivity index (χ4n) is 2.63. The summed E-state index contributed by atoms with van der Waals surface area (Å²) < 4.78 is 12.6. The van der Waals surface area contributed by atoms with Gasteiger partial charge in [0.1, 0.15) is 18.1 Å². The molecule has 4 heteroatoms. The van der Waals surface area contributed by atoms with E-state index in [2.05, 4.69) is 0 Å². The number of benzene rings is 1. The maximum Gasteiger partial charge on any atom is 0.355 e. The van der Waals surface area contributed by atoms with E-state index < -0.39 is 0 Å². The topological polar surface area (TPSA) is 39.9 Å². The first-order valence-corrected chi connectivity index (χ1v) is 7.62. The van der Waals surface area contributed by atoms with Crippen molar-refractivity contribution in [3.63, 3.8) is 0 Å². The van der Waals surface area contributed by atoms with Gasteiger partial charge in [-0.2, -0.15) is 0 Å². The number of aryl methyl sites for hydroxylation is 1. The SMILES string of the molecule is CCc1cc2ccc(OCc3ccccc3)cn2c1C(=O)OC. The van der Waals surface area contributed by atoms with Crippen molar-refractivity contribution in [2.75, 3.05) is 7.11 Å². The number of carbonyl (C=O) groups excluding carboxylic acids is 1. The van der Waals surface area contributed by atoms with Crippen LogP contribution in [0.2, 0.25) is 0 Å². The third kappa shape index (κ3) is 3.06. The van der Waals surface area contributed by atoms with Crippen LogP contribution in [-0.2, 0) is 17.8 Å². The summed E-state index contributed by atoms with van der Waals surface area (Å²) in [6, 6.07) is 15.8. The van der Waals surface area contributed by atoms with Gasteiger partial charge in [-0.05, 0) is 35.7 Å². The number of hydrogen-bond donors (Lipinski definition) is 0.